The van der Waals surface area contributed by atoms with Crippen LogP contribution in [0.5, 0.6) is 5.88 Å². The van der Waals surface area contributed by atoms with Gasteiger partial charge in [0, 0.05) is 37.4 Å². The molecule has 2 heterocycles. The second-order valence-electron chi connectivity index (χ2n) is 6.08. The average Bonchev–Trinajstić information content (AvgIpc) is 2.99. The highest BCUT2D eigenvalue weighted by Crippen LogP contribution is 2.20. The van der Waals surface area contributed by atoms with Crippen molar-refractivity contribution < 1.29 is 17.9 Å². The normalized spacial score (nSPS) is 18.1. The first-order chi connectivity index (χ1) is 12.4. The zero-order chi connectivity index (χ0) is 19.0. The van der Waals surface area contributed by atoms with Crippen molar-refractivity contribution in [2.24, 2.45) is 4.99 Å². The number of halogens is 4. The molecule has 2 rings (SSSR count). The zero-order valence-corrected chi connectivity index (χ0v) is 17.9. The first kappa shape index (κ1) is 23.7. The Balaban J connectivity index is 0.00000364. The number of likely N-dealkylation sites (tertiary alicyclic amines) is 1. The van der Waals surface area contributed by atoms with Crippen LogP contribution < -0.4 is 15.4 Å². The Bertz CT molecular complexity index is 600. The van der Waals surface area contributed by atoms with Gasteiger partial charge in [0.2, 0.25) is 5.88 Å². The van der Waals surface area contributed by atoms with Crippen molar-refractivity contribution in [1.29, 1.82) is 0 Å². The quantitative estimate of drug-likeness (QED) is 0.342. The maximum Gasteiger partial charge on any atom is 0.401 e. The molecular formula is C17H27F3IN5O. The minimum Gasteiger partial charge on any atom is -0.478 e. The molecule has 6 nitrogen and oxygen atoms in total. The number of hydrogen-bond donors (Lipinski definition) is 2. The molecule has 1 aliphatic rings. The molecule has 0 amide bonds. The van der Waals surface area contributed by atoms with Gasteiger partial charge in [-0.25, -0.2) is 9.98 Å². The van der Waals surface area contributed by atoms with Gasteiger partial charge in [0.15, 0.2) is 5.96 Å². The first-order valence-electron chi connectivity index (χ1n) is 8.82. The van der Waals surface area contributed by atoms with Gasteiger partial charge >= 0.3 is 6.18 Å². The highest BCUT2D eigenvalue weighted by molar-refractivity contribution is 14.0. The van der Waals surface area contributed by atoms with E-state index in [1.54, 1.807) is 6.20 Å². The van der Waals surface area contributed by atoms with E-state index >= 15 is 0 Å². The number of hydrogen-bond acceptors (Lipinski definition) is 4. The number of nitrogens with one attached hydrogen (secondary N) is 2. The van der Waals surface area contributed by atoms with Crippen LogP contribution in [0, 0.1) is 0 Å². The summed E-state index contributed by atoms with van der Waals surface area (Å²) in [4.78, 5) is 10.1. The van der Waals surface area contributed by atoms with Crippen LogP contribution in [0.25, 0.3) is 0 Å². The van der Waals surface area contributed by atoms with E-state index in [4.69, 9.17) is 4.74 Å². The Morgan fingerprint density at radius 1 is 1.41 bits per heavy atom. The van der Waals surface area contributed by atoms with Crippen LogP contribution in [0.2, 0.25) is 0 Å². The van der Waals surface area contributed by atoms with Crippen LogP contribution >= 0.6 is 24.0 Å². The van der Waals surface area contributed by atoms with Gasteiger partial charge < -0.3 is 15.4 Å². The van der Waals surface area contributed by atoms with Gasteiger partial charge in [-0.3, -0.25) is 4.90 Å². The van der Waals surface area contributed by atoms with Crippen molar-refractivity contribution in [2.75, 3.05) is 32.8 Å². The molecule has 27 heavy (non-hydrogen) atoms. The Labute approximate surface area is 175 Å². The van der Waals surface area contributed by atoms with Gasteiger partial charge in [-0.1, -0.05) is 6.07 Å². The van der Waals surface area contributed by atoms with Gasteiger partial charge in [-0.05, 0) is 26.3 Å². The van der Waals surface area contributed by atoms with Crippen molar-refractivity contribution in [1.82, 2.24) is 20.5 Å². The van der Waals surface area contributed by atoms with Gasteiger partial charge in [0.25, 0.3) is 0 Å². The molecule has 1 atom stereocenters. The molecule has 1 aliphatic heterocycles. The fraction of sp³-hybridized carbons (Fsp3) is 0.647. The Kier molecular flexibility index (Phi) is 10.1. The predicted octanol–water partition coefficient (Wildman–Crippen LogP) is 2.79. The lowest BCUT2D eigenvalue weighted by atomic mass is 10.2. The summed E-state index contributed by atoms with van der Waals surface area (Å²) in [5, 5.41) is 6.35. The van der Waals surface area contributed by atoms with E-state index in [0.717, 1.165) is 5.56 Å². The monoisotopic (exact) mass is 501 g/mol. The van der Waals surface area contributed by atoms with Crippen molar-refractivity contribution in [3.05, 3.63) is 23.9 Å². The number of ether oxygens (including phenoxy) is 1. The van der Waals surface area contributed by atoms with Crippen molar-refractivity contribution in [3.63, 3.8) is 0 Å². The molecular weight excluding hydrogens is 474 g/mol. The SMILES string of the molecule is CCNC(=NCc1cccnc1OCC)NC1CCN(CC(F)(F)F)C1.I. The van der Waals surface area contributed by atoms with Crippen molar-refractivity contribution in [2.45, 2.75) is 39.0 Å². The summed E-state index contributed by atoms with van der Waals surface area (Å²) >= 11 is 0. The van der Waals surface area contributed by atoms with Gasteiger partial charge in [0.1, 0.15) is 0 Å². The van der Waals surface area contributed by atoms with Gasteiger partial charge in [-0.2, -0.15) is 13.2 Å². The predicted molar refractivity (Wildman–Crippen MR) is 110 cm³/mol. The molecule has 0 spiro atoms. The Morgan fingerprint density at radius 2 is 2.19 bits per heavy atom. The number of rotatable bonds is 7. The van der Waals surface area contributed by atoms with Gasteiger partial charge in [-0.15, -0.1) is 24.0 Å². The average molecular weight is 501 g/mol. The fourth-order valence-corrected chi connectivity index (χ4v) is 2.84. The second kappa shape index (κ2) is 11.5. The summed E-state index contributed by atoms with van der Waals surface area (Å²) in [6.45, 7) is 5.29. The molecule has 10 heteroatoms. The number of guanidine groups is 1. The number of aromatic nitrogens is 1. The molecule has 1 saturated heterocycles. The third-order valence-electron chi connectivity index (χ3n) is 3.90. The molecule has 1 aromatic heterocycles. The lowest BCUT2D eigenvalue weighted by Crippen LogP contribution is -2.45. The summed E-state index contributed by atoms with van der Waals surface area (Å²) in [6, 6.07) is 3.65. The van der Waals surface area contributed by atoms with Crippen LogP contribution in [0.1, 0.15) is 25.8 Å². The van der Waals surface area contributed by atoms with Gasteiger partial charge in [0.05, 0.1) is 19.7 Å². The molecule has 1 fully saturated rings. The molecule has 0 saturated carbocycles. The summed E-state index contributed by atoms with van der Waals surface area (Å²) in [5.41, 5.74) is 0.858. The van der Waals surface area contributed by atoms with Crippen LogP contribution in [0.15, 0.2) is 23.3 Å². The molecule has 1 aromatic rings. The van der Waals surface area contributed by atoms with E-state index in [0.29, 0.717) is 51.0 Å². The highest BCUT2D eigenvalue weighted by atomic mass is 127. The van der Waals surface area contributed by atoms with E-state index in [-0.39, 0.29) is 30.0 Å². The molecule has 1 unspecified atom stereocenters. The van der Waals surface area contributed by atoms with E-state index in [1.807, 2.05) is 26.0 Å². The molecule has 2 N–H and O–H groups in total. The van der Waals surface area contributed by atoms with Crippen LogP contribution in [-0.4, -0.2) is 60.8 Å². The maximum atomic E-state index is 12.5. The zero-order valence-electron chi connectivity index (χ0n) is 15.6. The fourth-order valence-electron chi connectivity index (χ4n) is 2.84. The number of aliphatic imine (C=N–C) groups is 1. The van der Waals surface area contributed by atoms with Crippen LogP contribution in [0.4, 0.5) is 13.2 Å². The number of alkyl halides is 3. The lowest BCUT2D eigenvalue weighted by molar-refractivity contribution is -0.143. The maximum absolute atomic E-state index is 12.5. The highest BCUT2D eigenvalue weighted by Gasteiger charge is 2.34. The van der Waals surface area contributed by atoms with Crippen LogP contribution in [0.3, 0.4) is 0 Å². The summed E-state index contributed by atoms with van der Waals surface area (Å²) < 4.78 is 43.0. The summed E-state index contributed by atoms with van der Waals surface area (Å²) in [7, 11) is 0. The largest absolute Gasteiger partial charge is 0.478 e. The second-order valence-corrected chi connectivity index (χ2v) is 6.08. The Morgan fingerprint density at radius 3 is 2.85 bits per heavy atom. The van der Waals surface area contributed by atoms with E-state index in [9.17, 15) is 13.2 Å². The topological polar surface area (TPSA) is 61.8 Å². The Hall–Kier alpha value is -1.30. The van der Waals surface area contributed by atoms with E-state index < -0.39 is 12.7 Å². The molecule has 0 radical (unpaired) electrons. The molecule has 0 aromatic carbocycles. The van der Waals surface area contributed by atoms with Crippen LogP contribution in [-0.2, 0) is 6.54 Å². The summed E-state index contributed by atoms with van der Waals surface area (Å²) in [5.74, 6) is 1.13. The lowest BCUT2D eigenvalue weighted by Gasteiger charge is -2.19. The third-order valence-corrected chi connectivity index (χ3v) is 3.90. The third kappa shape index (κ3) is 8.50. The molecule has 0 bridgehead atoms. The van der Waals surface area contributed by atoms with E-state index in [1.165, 1.54) is 4.90 Å². The molecule has 154 valence electrons. The minimum absolute atomic E-state index is 0. The first-order valence-corrected chi connectivity index (χ1v) is 8.82. The van der Waals surface area contributed by atoms with Crippen molar-refractivity contribution >= 4 is 29.9 Å². The summed E-state index contributed by atoms with van der Waals surface area (Å²) in [6.07, 6.45) is -1.85. The van der Waals surface area contributed by atoms with Crippen molar-refractivity contribution in [3.8, 4) is 5.88 Å². The number of nitrogens with zero attached hydrogens (tertiary/aromatic N) is 3. The number of pyridine rings is 1. The minimum atomic E-state index is -4.16. The van der Waals surface area contributed by atoms with E-state index in [2.05, 4.69) is 20.6 Å². The standard InChI is InChI=1S/C17H26F3N5O.HI/c1-3-21-16(23-10-13-6-5-8-22-15(13)26-4-2)24-14-7-9-25(11-14)12-17(18,19)20;/h5-6,8,14H,3-4,7,9-12H2,1-2H3,(H2,21,23,24);1H. The smallest absolute Gasteiger partial charge is 0.401 e. The molecule has 0 aliphatic carbocycles.